The molecule has 0 radical (unpaired) electrons. The van der Waals surface area contributed by atoms with E-state index in [1.54, 1.807) is 18.4 Å². The Morgan fingerprint density at radius 2 is 2.06 bits per heavy atom. The van der Waals surface area contributed by atoms with Crippen molar-refractivity contribution < 1.29 is 9.84 Å². The van der Waals surface area contributed by atoms with Gasteiger partial charge in [-0.05, 0) is 46.5 Å². The maximum atomic E-state index is 10.3. The molecule has 0 saturated heterocycles. The van der Waals surface area contributed by atoms with Gasteiger partial charge in [0.2, 0.25) is 0 Å². The summed E-state index contributed by atoms with van der Waals surface area (Å²) in [4.78, 5) is 0. The van der Waals surface area contributed by atoms with E-state index in [2.05, 4.69) is 15.9 Å². The highest BCUT2D eigenvalue weighted by Gasteiger charge is 2.16. The summed E-state index contributed by atoms with van der Waals surface area (Å²) in [6, 6.07) is 5.59. The van der Waals surface area contributed by atoms with Gasteiger partial charge >= 0.3 is 0 Å². The third kappa shape index (κ3) is 2.54. The van der Waals surface area contributed by atoms with Gasteiger partial charge < -0.3 is 9.84 Å². The van der Waals surface area contributed by atoms with Crippen LogP contribution in [0, 0.1) is 6.92 Å². The summed E-state index contributed by atoms with van der Waals surface area (Å²) >= 11 is 5.06. The van der Waals surface area contributed by atoms with Gasteiger partial charge in [0.15, 0.2) is 0 Å². The van der Waals surface area contributed by atoms with Crippen LogP contribution in [0.4, 0.5) is 0 Å². The minimum absolute atomic E-state index is 0.596. The predicted octanol–water partition coefficient (Wildman–Crippen LogP) is 3.91. The number of rotatable bonds is 3. The highest BCUT2D eigenvalue weighted by molar-refractivity contribution is 9.10. The fourth-order valence-electron chi connectivity index (χ4n) is 1.67. The number of thiophene rings is 1. The fraction of sp³-hybridized carbons (Fsp3) is 0.231. The quantitative estimate of drug-likeness (QED) is 0.931. The van der Waals surface area contributed by atoms with E-state index in [1.165, 1.54) is 0 Å². The maximum absolute atomic E-state index is 10.3. The summed E-state index contributed by atoms with van der Waals surface area (Å²) in [7, 11) is 1.63. The second kappa shape index (κ2) is 5.21. The minimum Gasteiger partial charge on any atom is -0.497 e. The van der Waals surface area contributed by atoms with Crippen LogP contribution in [0.15, 0.2) is 33.4 Å². The Labute approximate surface area is 113 Å². The predicted molar refractivity (Wildman–Crippen MR) is 73.8 cm³/mol. The van der Waals surface area contributed by atoms with Gasteiger partial charge in [0.05, 0.1) is 7.11 Å². The van der Waals surface area contributed by atoms with Crippen LogP contribution in [0.25, 0.3) is 0 Å². The Morgan fingerprint density at radius 1 is 1.29 bits per heavy atom. The molecule has 0 aliphatic heterocycles. The van der Waals surface area contributed by atoms with Gasteiger partial charge in [-0.1, -0.05) is 22.0 Å². The zero-order valence-electron chi connectivity index (χ0n) is 9.61. The molecule has 0 aliphatic carbocycles. The molecule has 2 rings (SSSR count). The highest BCUT2D eigenvalue weighted by Crippen LogP contribution is 2.33. The molecule has 1 aromatic carbocycles. The lowest BCUT2D eigenvalue weighted by atomic mass is 10.0. The molecule has 0 spiro atoms. The Kier molecular flexibility index (Phi) is 3.86. The van der Waals surface area contributed by atoms with Gasteiger partial charge in [-0.3, -0.25) is 0 Å². The SMILES string of the molecule is COc1ccc(C(O)c2cscc2C)c(Br)c1. The Bertz CT molecular complexity index is 522. The number of aryl methyl sites for hydroxylation is 1. The van der Waals surface area contributed by atoms with Crippen molar-refractivity contribution >= 4 is 27.3 Å². The first-order valence-electron chi connectivity index (χ1n) is 5.17. The fourth-order valence-corrected chi connectivity index (χ4v) is 3.12. The summed E-state index contributed by atoms with van der Waals surface area (Å²) in [5, 5.41) is 14.4. The molecule has 90 valence electrons. The van der Waals surface area contributed by atoms with Crippen molar-refractivity contribution in [2.24, 2.45) is 0 Å². The second-order valence-corrected chi connectivity index (χ2v) is 5.40. The topological polar surface area (TPSA) is 29.5 Å². The molecule has 0 bridgehead atoms. The maximum Gasteiger partial charge on any atom is 0.120 e. The molecule has 1 unspecified atom stereocenters. The van der Waals surface area contributed by atoms with E-state index in [0.717, 1.165) is 26.9 Å². The Balaban J connectivity index is 2.38. The molecule has 1 aromatic heterocycles. The number of aliphatic hydroxyl groups is 1. The molecule has 0 fully saturated rings. The van der Waals surface area contributed by atoms with E-state index in [9.17, 15) is 5.11 Å². The molecule has 0 saturated carbocycles. The number of aliphatic hydroxyl groups excluding tert-OH is 1. The van der Waals surface area contributed by atoms with Crippen LogP contribution in [-0.2, 0) is 0 Å². The molecular formula is C13H13BrO2S. The smallest absolute Gasteiger partial charge is 0.120 e. The van der Waals surface area contributed by atoms with Gasteiger partial charge in [-0.15, -0.1) is 0 Å². The van der Waals surface area contributed by atoms with Crippen molar-refractivity contribution in [3.63, 3.8) is 0 Å². The van der Waals surface area contributed by atoms with Gasteiger partial charge in [0.1, 0.15) is 11.9 Å². The largest absolute Gasteiger partial charge is 0.497 e. The molecule has 1 heterocycles. The van der Waals surface area contributed by atoms with Gasteiger partial charge in [-0.25, -0.2) is 0 Å². The van der Waals surface area contributed by atoms with Crippen molar-refractivity contribution in [2.45, 2.75) is 13.0 Å². The first-order chi connectivity index (χ1) is 8.13. The molecule has 0 aliphatic rings. The lowest BCUT2D eigenvalue weighted by Crippen LogP contribution is -2.01. The average molecular weight is 313 g/mol. The molecule has 1 N–H and O–H groups in total. The van der Waals surface area contributed by atoms with E-state index in [4.69, 9.17) is 4.74 Å². The molecule has 1 atom stereocenters. The van der Waals surface area contributed by atoms with E-state index >= 15 is 0 Å². The van der Waals surface area contributed by atoms with Crippen LogP contribution in [0.3, 0.4) is 0 Å². The average Bonchev–Trinajstić information content (AvgIpc) is 2.74. The van der Waals surface area contributed by atoms with Gasteiger partial charge in [0.25, 0.3) is 0 Å². The number of halogens is 1. The third-order valence-electron chi connectivity index (χ3n) is 2.69. The van der Waals surface area contributed by atoms with Crippen LogP contribution in [0.1, 0.15) is 22.8 Å². The molecule has 17 heavy (non-hydrogen) atoms. The molecule has 4 heteroatoms. The third-order valence-corrected chi connectivity index (χ3v) is 4.26. The molecule has 2 nitrogen and oxygen atoms in total. The van der Waals surface area contributed by atoms with Crippen LogP contribution in [0.2, 0.25) is 0 Å². The first kappa shape index (κ1) is 12.6. The lowest BCUT2D eigenvalue weighted by Gasteiger charge is -2.13. The van der Waals surface area contributed by atoms with Crippen molar-refractivity contribution in [1.29, 1.82) is 0 Å². The Morgan fingerprint density at radius 3 is 2.59 bits per heavy atom. The first-order valence-corrected chi connectivity index (χ1v) is 6.91. The number of methoxy groups -OCH3 is 1. The standard InChI is InChI=1S/C13H13BrO2S/c1-8-6-17-7-11(8)13(15)10-4-3-9(16-2)5-12(10)14/h3-7,13,15H,1-2H3. The van der Waals surface area contributed by atoms with Crippen LogP contribution in [0.5, 0.6) is 5.75 Å². The zero-order chi connectivity index (χ0) is 12.4. The van der Waals surface area contributed by atoms with Crippen molar-refractivity contribution in [3.05, 3.63) is 50.1 Å². The molecule has 2 aromatic rings. The summed E-state index contributed by atoms with van der Waals surface area (Å²) in [5.74, 6) is 0.773. The zero-order valence-corrected chi connectivity index (χ0v) is 12.0. The van der Waals surface area contributed by atoms with Gasteiger partial charge in [0, 0.05) is 4.47 Å². The summed E-state index contributed by atoms with van der Waals surface area (Å²) in [6.07, 6.45) is -0.596. The summed E-state index contributed by atoms with van der Waals surface area (Å²) < 4.78 is 5.99. The van der Waals surface area contributed by atoms with E-state index in [-0.39, 0.29) is 0 Å². The van der Waals surface area contributed by atoms with E-state index in [1.807, 2.05) is 35.9 Å². The number of hydrogen-bond donors (Lipinski definition) is 1. The van der Waals surface area contributed by atoms with E-state index < -0.39 is 6.10 Å². The monoisotopic (exact) mass is 312 g/mol. The minimum atomic E-state index is -0.596. The second-order valence-electron chi connectivity index (χ2n) is 3.80. The normalized spacial score (nSPS) is 12.5. The van der Waals surface area contributed by atoms with Crippen LogP contribution < -0.4 is 4.74 Å². The summed E-state index contributed by atoms with van der Waals surface area (Å²) in [6.45, 7) is 2.01. The Hall–Kier alpha value is -0.840. The number of hydrogen-bond acceptors (Lipinski definition) is 3. The van der Waals surface area contributed by atoms with Crippen LogP contribution in [-0.4, -0.2) is 12.2 Å². The van der Waals surface area contributed by atoms with Crippen molar-refractivity contribution in [1.82, 2.24) is 0 Å². The summed E-state index contributed by atoms with van der Waals surface area (Å²) in [5.41, 5.74) is 2.93. The number of ether oxygens (including phenoxy) is 1. The molecule has 0 amide bonds. The lowest BCUT2D eigenvalue weighted by molar-refractivity contribution is 0.219. The highest BCUT2D eigenvalue weighted by atomic mass is 79.9. The molecular weight excluding hydrogens is 300 g/mol. The van der Waals surface area contributed by atoms with E-state index in [0.29, 0.717) is 0 Å². The van der Waals surface area contributed by atoms with Crippen molar-refractivity contribution in [2.75, 3.05) is 7.11 Å². The number of benzene rings is 1. The van der Waals surface area contributed by atoms with Crippen molar-refractivity contribution in [3.8, 4) is 5.75 Å². The van der Waals surface area contributed by atoms with Gasteiger partial charge in [-0.2, -0.15) is 11.3 Å². The van der Waals surface area contributed by atoms with Crippen LogP contribution >= 0.6 is 27.3 Å².